The van der Waals surface area contributed by atoms with Crippen LogP contribution in [-0.2, 0) is 6.54 Å². The molecule has 0 unspecified atom stereocenters. The van der Waals surface area contributed by atoms with Crippen LogP contribution in [0.1, 0.15) is 0 Å². The van der Waals surface area contributed by atoms with Gasteiger partial charge in [-0.3, -0.25) is 4.79 Å². The van der Waals surface area contributed by atoms with Gasteiger partial charge in [0.2, 0.25) is 0 Å². The fraction of sp³-hybridized carbons (Fsp3) is 0.167. The SMILES string of the molecule is O=c1cccnn1CCNc1ccc(Cl)cc1. The van der Waals surface area contributed by atoms with Crippen molar-refractivity contribution < 1.29 is 0 Å². The first-order chi connectivity index (χ1) is 8.25. The molecule has 17 heavy (non-hydrogen) atoms. The van der Waals surface area contributed by atoms with Gasteiger partial charge in [0.15, 0.2) is 0 Å². The van der Waals surface area contributed by atoms with Gasteiger partial charge in [-0.1, -0.05) is 11.6 Å². The van der Waals surface area contributed by atoms with Crippen molar-refractivity contribution in [1.29, 1.82) is 0 Å². The zero-order valence-electron chi connectivity index (χ0n) is 9.14. The Morgan fingerprint density at radius 1 is 1.24 bits per heavy atom. The molecule has 88 valence electrons. The number of rotatable bonds is 4. The van der Waals surface area contributed by atoms with Crippen LogP contribution < -0.4 is 10.9 Å². The molecule has 0 fully saturated rings. The van der Waals surface area contributed by atoms with E-state index in [1.807, 2.05) is 24.3 Å². The second-order valence-corrected chi connectivity index (χ2v) is 3.96. The lowest BCUT2D eigenvalue weighted by Gasteiger charge is -2.07. The Hall–Kier alpha value is -1.81. The first-order valence-electron chi connectivity index (χ1n) is 5.27. The maximum atomic E-state index is 11.4. The molecular weight excluding hydrogens is 238 g/mol. The van der Waals surface area contributed by atoms with Gasteiger partial charge in [0.1, 0.15) is 0 Å². The molecule has 2 rings (SSSR count). The predicted molar refractivity (Wildman–Crippen MR) is 68.4 cm³/mol. The van der Waals surface area contributed by atoms with Crippen LogP contribution in [-0.4, -0.2) is 16.3 Å². The Labute approximate surface area is 104 Å². The van der Waals surface area contributed by atoms with Crippen LogP contribution in [0, 0.1) is 0 Å². The minimum atomic E-state index is -0.0922. The summed E-state index contributed by atoms with van der Waals surface area (Å²) < 4.78 is 1.42. The van der Waals surface area contributed by atoms with Crippen molar-refractivity contribution in [2.45, 2.75) is 6.54 Å². The topological polar surface area (TPSA) is 46.9 Å². The number of benzene rings is 1. The van der Waals surface area contributed by atoms with Crippen molar-refractivity contribution in [2.75, 3.05) is 11.9 Å². The Bertz CT molecular complexity index is 536. The minimum absolute atomic E-state index is 0.0922. The van der Waals surface area contributed by atoms with Crippen molar-refractivity contribution >= 4 is 17.3 Å². The number of nitrogens with zero attached hydrogens (tertiary/aromatic N) is 2. The highest BCUT2D eigenvalue weighted by Gasteiger charge is 1.95. The van der Waals surface area contributed by atoms with Gasteiger partial charge >= 0.3 is 0 Å². The third-order valence-electron chi connectivity index (χ3n) is 2.28. The third-order valence-corrected chi connectivity index (χ3v) is 2.53. The fourth-order valence-corrected chi connectivity index (χ4v) is 1.56. The van der Waals surface area contributed by atoms with E-state index >= 15 is 0 Å². The summed E-state index contributed by atoms with van der Waals surface area (Å²) in [5.74, 6) is 0. The van der Waals surface area contributed by atoms with Gasteiger partial charge in [0.25, 0.3) is 5.56 Å². The smallest absolute Gasteiger partial charge is 0.266 e. The van der Waals surface area contributed by atoms with E-state index in [1.54, 1.807) is 12.3 Å². The van der Waals surface area contributed by atoms with Crippen molar-refractivity contribution in [2.24, 2.45) is 0 Å². The number of hydrogen-bond acceptors (Lipinski definition) is 3. The normalized spacial score (nSPS) is 10.2. The van der Waals surface area contributed by atoms with Crippen molar-refractivity contribution in [1.82, 2.24) is 9.78 Å². The lowest BCUT2D eigenvalue weighted by molar-refractivity contribution is 0.597. The molecule has 1 N–H and O–H groups in total. The Morgan fingerprint density at radius 2 is 2.00 bits per heavy atom. The summed E-state index contributed by atoms with van der Waals surface area (Å²) in [7, 11) is 0. The maximum Gasteiger partial charge on any atom is 0.266 e. The van der Waals surface area contributed by atoms with E-state index in [9.17, 15) is 4.79 Å². The zero-order valence-corrected chi connectivity index (χ0v) is 9.89. The van der Waals surface area contributed by atoms with Gasteiger partial charge in [0.05, 0.1) is 6.54 Å². The molecule has 0 aliphatic carbocycles. The molecule has 0 saturated carbocycles. The molecule has 1 aromatic heterocycles. The van der Waals surface area contributed by atoms with Crippen molar-refractivity contribution in [3.8, 4) is 0 Å². The molecule has 5 heteroatoms. The molecule has 0 amide bonds. The summed E-state index contributed by atoms with van der Waals surface area (Å²) in [5, 5.41) is 7.86. The highest BCUT2D eigenvalue weighted by Crippen LogP contribution is 2.12. The average Bonchev–Trinajstić information content (AvgIpc) is 2.34. The highest BCUT2D eigenvalue weighted by atomic mass is 35.5. The number of halogens is 1. The number of aromatic nitrogens is 2. The summed E-state index contributed by atoms with van der Waals surface area (Å²) in [5.41, 5.74) is 0.879. The molecule has 0 atom stereocenters. The van der Waals surface area contributed by atoms with E-state index in [4.69, 9.17) is 11.6 Å². The fourth-order valence-electron chi connectivity index (χ4n) is 1.43. The van der Waals surface area contributed by atoms with Gasteiger partial charge < -0.3 is 5.32 Å². The lowest BCUT2D eigenvalue weighted by atomic mass is 10.3. The number of nitrogens with one attached hydrogen (secondary N) is 1. The van der Waals surface area contributed by atoms with E-state index in [2.05, 4.69) is 10.4 Å². The van der Waals surface area contributed by atoms with Crippen molar-refractivity contribution in [3.63, 3.8) is 0 Å². The van der Waals surface area contributed by atoms with Crippen LogP contribution in [0.5, 0.6) is 0 Å². The highest BCUT2D eigenvalue weighted by molar-refractivity contribution is 6.30. The lowest BCUT2D eigenvalue weighted by Crippen LogP contribution is -2.24. The van der Waals surface area contributed by atoms with E-state index in [0.29, 0.717) is 18.1 Å². The van der Waals surface area contributed by atoms with Gasteiger partial charge in [-0.15, -0.1) is 0 Å². The van der Waals surface area contributed by atoms with E-state index < -0.39 is 0 Å². The predicted octanol–water partition coefficient (Wildman–Crippen LogP) is 2.01. The summed E-state index contributed by atoms with van der Waals surface area (Å²) in [6, 6.07) is 10.5. The molecule has 2 aromatic rings. The minimum Gasteiger partial charge on any atom is -0.383 e. The maximum absolute atomic E-state index is 11.4. The third kappa shape index (κ3) is 3.32. The quantitative estimate of drug-likeness (QED) is 0.902. The second kappa shape index (κ2) is 5.50. The van der Waals surface area contributed by atoms with Crippen LogP contribution in [0.3, 0.4) is 0 Å². The zero-order chi connectivity index (χ0) is 12.1. The molecule has 0 aliphatic heterocycles. The Kier molecular flexibility index (Phi) is 3.77. The van der Waals surface area contributed by atoms with E-state index in [1.165, 1.54) is 10.7 Å². The first kappa shape index (κ1) is 11.7. The number of hydrogen-bond donors (Lipinski definition) is 1. The van der Waals surface area contributed by atoms with E-state index in [0.717, 1.165) is 5.69 Å². The Balaban J connectivity index is 1.90. The molecule has 0 radical (unpaired) electrons. The average molecular weight is 250 g/mol. The molecule has 1 heterocycles. The largest absolute Gasteiger partial charge is 0.383 e. The Morgan fingerprint density at radius 3 is 2.71 bits per heavy atom. The summed E-state index contributed by atoms with van der Waals surface area (Å²) in [6.07, 6.45) is 1.60. The van der Waals surface area contributed by atoms with Gasteiger partial charge in [-0.25, -0.2) is 4.68 Å². The standard InChI is InChI=1S/C12H12ClN3O/c13-10-3-5-11(6-4-10)14-8-9-16-12(17)2-1-7-15-16/h1-7,14H,8-9H2. The van der Waals surface area contributed by atoms with Crippen LogP contribution >= 0.6 is 11.6 Å². The van der Waals surface area contributed by atoms with Gasteiger partial charge in [-0.2, -0.15) is 5.10 Å². The molecule has 0 bridgehead atoms. The molecule has 0 saturated heterocycles. The van der Waals surface area contributed by atoms with Crippen molar-refractivity contribution in [3.05, 3.63) is 58.0 Å². The van der Waals surface area contributed by atoms with Crippen LogP contribution in [0.25, 0.3) is 0 Å². The first-order valence-corrected chi connectivity index (χ1v) is 5.65. The molecule has 1 aromatic carbocycles. The van der Waals surface area contributed by atoms with Crippen LogP contribution in [0.15, 0.2) is 47.4 Å². The summed E-state index contributed by atoms with van der Waals surface area (Å²) in [4.78, 5) is 11.4. The van der Waals surface area contributed by atoms with Gasteiger partial charge in [-0.05, 0) is 30.3 Å². The molecular formula is C12H12ClN3O. The monoisotopic (exact) mass is 249 g/mol. The van der Waals surface area contributed by atoms with Crippen LogP contribution in [0.4, 0.5) is 5.69 Å². The summed E-state index contributed by atoms with van der Waals surface area (Å²) >= 11 is 5.78. The molecule has 4 nitrogen and oxygen atoms in total. The molecule has 0 spiro atoms. The second-order valence-electron chi connectivity index (χ2n) is 3.52. The van der Waals surface area contributed by atoms with Crippen LogP contribution in [0.2, 0.25) is 5.02 Å². The molecule has 0 aliphatic rings. The summed E-state index contributed by atoms with van der Waals surface area (Å²) in [6.45, 7) is 1.17. The number of anilines is 1. The van der Waals surface area contributed by atoms with Gasteiger partial charge in [0, 0.05) is 29.5 Å². The van der Waals surface area contributed by atoms with E-state index in [-0.39, 0.29) is 5.56 Å².